The molecule has 0 fully saturated rings. The quantitative estimate of drug-likeness (QED) is 0.249. The average Bonchev–Trinajstić information content (AvgIpc) is 2.74. The molecule has 0 unspecified atom stereocenters. The number of esters is 1. The Kier molecular flexibility index (Phi) is 7.01. The normalized spacial score (nSPS) is 11.0. The predicted octanol–water partition coefficient (Wildman–Crippen LogP) is 4.26. The van der Waals surface area contributed by atoms with Gasteiger partial charge in [-0.1, -0.05) is 23.7 Å². The first-order valence-electron chi connectivity index (χ1n) is 9.91. The molecule has 2 aromatic heterocycles. The SMILES string of the molecule is CC(C)(C)OC(=O)Cn1c(=O)c(C(=O)NCc2ccc(Cl)cc2)cc2ccc(N=[N+]=[N-])nc21. The van der Waals surface area contributed by atoms with E-state index in [-0.39, 0.29) is 23.6 Å². The lowest BCUT2D eigenvalue weighted by molar-refractivity contribution is -0.155. The maximum Gasteiger partial charge on any atom is 0.326 e. The highest BCUT2D eigenvalue weighted by Crippen LogP contribution is 2.18. The van der Waals surface area contributed by atoms with Crippen LogP contribution in [0.1, 0.15) is 36.7 Å². The van der Waals surface area contributed by atoms with Crippen molar-refractivity contribution in [2.45, 2.75) is 39.5 Å². The molecule has 0 atom stereocenters. The second-order valence-corrected chi connectivity index (χ2v) is 8.55. The number of ether oxygens (including phenoxy) is 1. The Labute approximate surface area is 193 Å². The van der Waals surface area contributed by atoms with E-state index in [9.17, 15) is 14.4 Å². The molecular formula is C22H21ClN6O4. The second-order valence-electron chi connectivity index (χ2n) is 8.12. The Balaban J connectivity index is 2.01. The van der Waals surface area contributed by atoms with Gasteiger partial charge in [0, 0.05) is 21.9 Å². The number of nitrogens with one attached hydrogen (secondary N) is 1. The highest BCUT2D eigenvalue weighted by atomic mass is 35.5. The first kappa shape index (κ1) is 23.8. The molecule has 0 bridgehead atoms. The molecule has 0 spiro atoms. The van der Waals surface area contributed by atoms with Crippen LogP contribution in [0.2, 0.25) is 5.02 Å². The van der Waals surface area contributed by atoms with E-state index in [4.69, 9.17) is 21.9 Å². The Bertz CT molecular complexity index is 1320. The van der Waals surface area contributed by atoms with Crippen molar-refractivity contribution >= 4 is 40.3 Å². The fraction of sp³-hybridized carbons (Fsp3) is 0.273. The van der Waals surface area contributed by atoms with E-state index >= 15 is 0 Å². The van der Waals surface area contributed by atoms with E-state index in [0.29, 0.717) is 10.4 Å². The number of amides is 1. The lowest BCUT2D eigenvalue weighted by Gasteiger charge is -2.20. The van der Waals surface area contributed by atoms with Crippen LogP contribution in [0.4, 0.5) is 5.82 Å². The topological polar surface area (TPSA) is 139 Å². The molecule has 10 nitrogen and oxygen atoms in total. The number of benzene rings is 1. The lowest BCUT2D eigenvalue weighted by Crippen LogP contribution is -2.36. The lowest BCUT2D eigenvalue weighted by atomic mass is 10.1. The zero-order valence-corrected chi connectivity index (χ0v) is 19.0. The van der Waals surface area contributed by atoms with Gasteiger partial charge in [-0.05, 0) is 67.3 Å². The molecule has 33 heavy (non-hydrogen) atoms. The van der Waals surface area contributed by atoms with Gasteiger partial charge >= 0.3 is 5.97 Å². The number of fused-ring (bicyclic) bond motifs is 1. The molecule has 0 aliphatic rings. The van der Waals surface area contributed by atoms with Gasteiger partial charge in [0.05, 0.1) is 0 Å². The number of pyridine rings is 2. The van der Waals surface area contributed by atoms with Crippen LogP contribution in [0.3, 0.4) is 0 Å². The van der Waals surface area contributed by atoms with Crippen LogP contribution < -0.4 is 10.9 Å². The molecular weight excluding hydrogens is 448 g/mol. The van der Waals surface area contributed by atoms with Crippen molar-refractivity contribution in [3.05, 3.63) is 79.4 Å². The number of carbonyl (C=O) groups excluding carboxylic acids is 2. The summed E-state index contributed by atoms with van der Waals surface area (Å²) in [6.07, 6.45) is 0. The minimum Gasteiger partial charge on any atom is -0.459 e. The molecule has 170 valence electrons. The van der Waals surface area contributed by atoms with Crippen LogP contribution in [0, 0.1) is 0 Å². The summed E-state index contributed by atoms with van der Waals surface area (Å²) in [6.45, 7) is 4.80. The predicted molar refractivity (Wildman–Crippen MR) is 123 cm³/mol. The van der Waals surface area contributed by atoms with Crippen molar-refractivity contribution in [1.82, 2.24) is 14.9 Å². The standard InChI is InChI=1S/C22H21ClN6O4/c1-22(2,3)33-18(30)12-29-19-14(6-9-17(26-19)27-28-24)10-16(21(29)32)20(31)25-11-13-4-7-15(23)8-5-13/h4-10H,11-12H2,1-3H3,(H,25,31). The molecule has 0 aliphatic carbocycles. The molecule has 1 aromatic carbocycles. The Morgan fingerprint density at radius 1 is 1.21 bits per heavy atom. The van der Waals surface area contributed by atoms with Crippen molar-refractivity contribution in [3.63, 3.8) is 0 Å². The van der Waals surface area contributed by atoms with Crippen molar-refractivity contribution in [3.8, 4) is 0 Å². The number of aromatic nitrogens is 2. The third kappa shape index (κ3) is 6.09. The maximum absolute atomic E-state index is 13.2. The van der Waals surface area contributed by atoms with E-state index in [1.165, 1.54) is 12.1 Å². The van der Waals surface area contributed by atoms with Gasteiger partial charge in [-0.15, -0.1) is 0 Å². The van der Waals surface area contributed by atoms with E-state index in [1.54, 1.807) is 51.1 Å². The highest BCUT2D eigenvalue weighted by Gasteiger charge is 2.21. The zero-order valence-electron chi connectivity index (χ0n) is 18.2. The van der Waals surface area contributed by atoms with Crippen LogP contribution in [0.15, 0.2) is 52.4 Å². The van der Waals surface area contributed by atoms with Crippen molar-refractivity contribution in [1.29, 1.82) is 0 Å². The largest absolute Gasteiger partial charge is 0.459 e. The second kappa shape index (κ2) is 9.72. The number of azide groups is 1. The smallest absolute Gasteiger partial charge is 0.326 e. The van der Waals surface area contributed by atoms with Gasteiger partial charge in [0.1, 0.15) is 29.2 Å². The summed E-state index contributed by atoms with van der Waals surface area (Å²) in [7, 11) is 0. The van der Waals surface area contributed by atoms with Crippen LogP contribution in [0.5, 0.6) is 0 Å². The first-order chi connectivity index (χ1) is 15.6. The van der Waals surface area contributed by atoms with E-state index < -0.39 is 29.6 Å². The zero-order chi connectivity index (χ0) is 24.2. The van der Waals surface area contributed by atoms with Crippen molar-refractivity contribution in [2.75, 3.05) is 0 Å². The van der Waals surface area contributed by atoms with Gasteiger partial charge in [-0.3, -0.25) is 19.0 Å². The molecule has 0 aliphatic heterocycles. The summed E-state index contributed by atoms with van der Waals surface area (Å²) in [5.74, 6) is -1.28. The van der Waals surface area contributed by atoms with Gasteiger partial charge in [0.25, 0.3) is 11.5 Å². The Morgan fingerprint density at radius 3 is 2.55 bits per heavy atom. The number of hydrogen-bond acceptors (Lipinski definition) is 6. The van der Waals surface area contributed by atoms with E-state index in [1.807, 2.05) is 0 Å². The van der Waals surface area contributed by atoms with Crippen LogP contribution in [0.25, 0.3) is 21.5 Å². The van der Waals surface area contributed by atoms with Crippen molar-refractivity contribution < 1.29 is 14.3 Å². The van der Waals surface area contributed by atoms with E-state index in [2.05, 4.69) is 20.3 Å². The summed E-state index contributed by atoms with van der Waals surface area (Å²) in [6, 6.07) is 11.3. The molecule has 3 aromatic rings. The first-order valence-corrected chi connectivity index (χ1v) is 10.3. The number of nitrogens with zero attached hydrogens (tertiary/aromatic N) is 5. The summed E-state index contributed by atoms with van der Waals surface area (Å²) in [5, 5.41) is 7.11. The third-order valence-corrected chi connectivity index (χ3v) is 4.64. The molecule has 2 heterocycles. The average molecular weight is 469 g/mol. The fourth-order valence-corrected chi connectivity index (χ4v) is 3.16. The van der Waals surface area contributed by atoms with Gasteiger partial charge in [-0.25, -0.2) is 4.98 Å². The van der Waals surface area contributed by atoms with Gasteiger partial charge in [-0.2, -0.15) is 0 Å². The molecule has 3 rings (SSSR count). The minimum atomic E-state index is -0.770. The third-order valence-electron chi connectivity index (χ3n) is 4.39. The van der Waals surface area contributed by atoms with Gasteiger partial charge < -0.3 is 10.1 Å². The van der Waals surface area contributed by atoms with Gasteiger partial charge in [0.2, 0.25) is 0 Å². The maximum atomic E-state index is 13.2. The van der Waals surface area contributed by atoms with Crippen LogP contribution in [-0.4, -0.2) is 27.0 Å². The monoisotopic (exact) mass is 468 g/mol. The van der Waals surface area contributed by atoms with Crippen LogP contribution in [-0.2, 0) is 22.6 Å². The number of halogens is 1. The van der Waals surface area contributed by atoms with E-state index in [0.717, 1.165) is 10.1 Å². The van der Waals surface area contributed by atoms with Crippen LogP contribution >= 0.6 is 11.6 Å². The summed E-state index contributed by atoms with van der Waals surface area (Å²) >= 11 is 5.87. The van der Waals surface area contributed by atoms with Crippen molar-refractivity contribution in [2.24, 2.45) is 5.11 Å². The number of carbonyl (C=O) groups is 2. The van der Waals surface area contributed by atoms with Gasteiger partial charge in [0.15, 0.2) is 0 Å². The Hall–Kier alpha value is -3.88. The molecule has 11 heteroatoms. The minimum absolute atomic E-state index is 0.0160. The molecule has 1 N–H and O–H groups in total. The molecule has 0 radical (unpaired) electrons. The summed E-state index contributed by atoms with van der Waals surface area (Å²) < 4.78 is 6.36. The summed E-state index contributed by atoms with van der Waals surface area (Å²) in [5.41, 5.74) is 7.90. The number of hydrogen-bond donors (Lipinski definition) is 1. The highest BCUT2D eigenvalue weighted by molar-refractivity contribution is 6.30. The number of rotatable bonds is 6. The molecule has 0 saturated heterocycles. The molecule has 0 saturated carbocycles. The fourth-order valence-electron chi connectivity index (χ4n) is 3.03. The summed E-state index contributed by atoms with van der Waals surface area (Å²) in [4.78, 5) is 45.3. The molecule has 1 amide bonds. The Morgan fingerprint density at radius 2 is 1.91 bits per heavy atom.